The van der Waals surface area contributed by atoms with E-state index in [9.17, 15) is 0 Å². The Morgan fingerprint density at radius 2 is 1.91 bits per heavy atom. The third kappa shape index (κ3) is 5.17. The molecule has 5 rings (SSSR count). The molecule has 0 amide bonds. The van der Waals surface area contributed by atoms with E-state index in [1.807, 2.05) is 12.4 Å². The summed E-state index contributed by atoms with van der Waals surface area (Å²) in [4.78, 5) is 13.5. The maximum Gasteiger partial charge on any atom is 0.246 e. The van der Waals surface area contributed by atoms with Crippen LogP contribution in [0.15, 0.2) is 65.4 Å². The van der Waals surface area contributed by atoms with Crippen LogP contribution in [-0.2, 0) is 13.0 Å². The van der Waals surface area contributed by atoms with Crippen molar-refractivity contribution >= 4 is 38.6 Å². The fourth-order valence-electron chi connectivity index (χ4n) is 4.70. The molecule has 33 heavy (non-hydrogen) atoms. The van der Waals surface area contributed by atoms with Gasteiger partial charge in [0, 0.05) is 54.5 Å². The average molecular weight is 506 g/mol. The minimum Gasteiger partial charge on any atom is -0.368 e. The number of aromatic nitrogens is 4. The number of nitrogens with one attached hydrogen (secondary N) is 1. The van der Waals surface area contributed by atoms with Gasteiger partial charge in [-0.15, -0.1) is 5.10 Å². The monoisotopic (exact) mass is 505 g/mol. The Kier molecular flexibility index (Phi) is 6.55. The van der Waals surface area contributed by atoms with Crippen LogP contribution < -0.4 is 10.6 Å². The highest BCUT2D eigenvalue weighted by Crippen LogP contribution is 2.25. The summed E-state index contributed by atoms with van der Waals surface area (Å²) in [6.45, 7) is 3.80. The third-order valence-corrected chi connectivity index (χ3v) is 7.03. The average Bonchev–Trinajstić information content (AvgIpc) is 3.29. The number of hydrogen-bond acceptors (Lipinski definition) is 6. The summed E-state index contributed by atoms with van der Waals surface area (Å²) in [7, 11) is 0. The molecule has 1 saturated heterocycles. The van der Waals surface area contributed by atoms with Crippen molar-refractivity contribution in [3.05, 3.63) is 76.5 Å². The number of aromatic amines is 1. The topological polar surface area (TPSA) is 87.0 Å². The lowest BCUT2D eigenvalue weighted by molar-refractivity contribution is 0.162. The summed E-state index contributed by atoms with van der Waals surface area (Å²) in [5.41, 5.74) is 8.44. The molecule has 0 radical (unpaired) electrons. The molecule has 3 heterocycles. The Morgan fingerprint density at radius 3 is 2.67 bits per heavy atom. The quantitative estimate of drug-likeness (QED) is 0.386. The van der Waals surface area contributed by atoms with Crippen LogP contribution in [0, 0.1) is 0 Å². The Balaban J connectivity index is 1.33. The highest BCUT2D eigenvalue weighted by atomic mass is 79.9. The van der Waals surface area contributed by atoms with E-state index in [2.05, 4.69) is 94.4 Å². The van der Waals surface area contributed by atoms with Gasteiger partial charge in [-0.05, 0) is 54.0 Å². The van der Waals surface area contributed by atoms with Crippen molar-refractivity contribution < 1.29 is 0 Å². The summed E-state index contributed by atoms with van der Waals surface area (Å²) in [5.74, 6) is 1.07. The molecule has 0 saturated carbocycles. The minimum absolute atomic E-state index is 0.369. The maximum atomic E-state index is 5.72. The van der Waals surface area contributed by atoms with Crippen LogP contribution in [0.3, 0.4) is 0 Å². The molecule has 3 N–H and O–H groups in total. The molecule has 170 valence electrons. The molecule has 1 aliphatic rings. The van der Waals surface area contributed by atoms with Crippen LogP contribution in [0.25, 0.3) is 10.8 Å². The van der Waals surface area contributed by atoms with Gasteiger partial charge in [-0.2, -0.15) is 4.98 Å². The first kappa shape index (κ1) is 21.9. The minimum atomic E-state index is 0.369. The van der Waals surface area contributed by atoms with Crippen molar-refractivity contribution in [3.63, 3.8) is 0 Å². The van der Waals surface area contributed by atoms with Crippen LogP contribution in [-0.4, -0.2) is 50.7 Å². The number of H-pyrrole nitrogens is 1. The number of pyridine rings is 1. The SMILES string of the molecule is Nc1nc(N2CCC(N(CCc3ccc(Br)cc3)Cc3cccc4cnccc34)CC2)n[nH]1. The van der Waals surface area contributed by atoms with E-state index in [4.69, 9.17) is 5.73 Å². The summed E-state index contributed by atoms with van der Waals surface area (Å²) < 4.78 is 1.12. The molecule has 0 unspecified atom stereocenters. The Hall–Kier alpha value is -2.97. The predicted octanol–water partition coefficient (Wildman–Crippen LogP) is 4.41. The molecular weight excluding hydrogens is 478 g/mol. The van der Waals surface area contributed by atoms with E-state index in [1.165, 1.54) is 21.9 Å². The second kappa shape index (κ2) is 9.89. The van der Waals surface area contributed by atoms with Gasteiger partial charge in [0.2, 0.25) is 11.9 Å². The lowest BCUT2D eigenvalue weighted by Gasteiger charge is -2.38. The normalized spacial score (nSPS) is 14.9. The van der Waals surface area contributed by atoms with Crippen molar-refractivity contribution in [1.82, 2.24) is 25.1 Å². The molecule has 0 aliphatic carbocycles. The highest BCUT2D eigenvalue weighted by molar-refractivity contribution is 9.10. The number of fused-ring (bicyclic) bond motifs is 1. The molecule has 7 nitrogen and oxygen atoms in total. The van der Waals surface area contributed by atoms with Crippen molar-refractivity contribution in [2.24, 2.45) is 0 Å². The van der Waals surface area contributed by atoms with Crippen LogP contribution in [0.4, 0.5) is 11.9 Å². The Bertz CT molecular complexity index is 1190. The van der Waals surface area contributed by atoms with Crippen LogP contribution in [0.2, 0.25) is 0 Å². The first-order chi connectivity index (χ1) is 16.2. The first-order valence-electron chi connectivity index (χ1n) is 11.4. The van der Waals surface area contributed by atoms with Gasteiger partial charge >= 0.3 is 0 Å². The fourth-order valence-corrected chi connectivity index (χ4v) is 4.96. The summed E-state index contributed by atoms with van der Waals surface area (Å²) in [6, 6.07) is 17.8. The Morgan fingerprint density at radius 1 is 1.09 bits per heavy atom. The first-order valence-corrected chi connectivity index (χ1v) is 12.2. The van der Waals surface area contributed by atoms with Crippen LogP contribution in [0.1, 0.15) is 24.0 Å². The number of nitrogens with zero attached hydrogens (tertiary/aromatic N) is 5. The third-order valence-electron chi connectivity index (χ3n) is 6.50. The maximum absolute atomic E-state index is 5.72. The number of piperidine rings is 1. The molecule has 0 bridgehead atoms. The zero-order valence-electron chi connectivity index (χ0n) is 18.5. The zero-order valence-corrected chi connectivity index (χ0v) is 20.1. The van der Waals surface area contributed by atoms with Gasteiger partial charge in [0.25, 0.3) is 0 Å². The van der Waals surface area contributed by atoms with E-state index in [1.54, 1.807) is 0 Å². The van der Waals surface area contributed by atoms with E-state index in [0.29, 0.717) is 17.9 Å². The molecule has 4 aromatic rings. The molecule has 1 fully saturated rings. The van der Waals surface area contributed by atoms with Gasteiger partial charge in [-0.1, -0.05) is 46.3 Å². The number of anilines is 2. The summed E-state index contributed by atoms with van der Waals surface area (Å²) in [6.07, 6.45) is 7.00. The lowest BCUT2D eigenvalue weighted by atomic mass is 10.00. The van der Waals surface area contributed by atoms with Gasteiger partial charge in [-0.3, -0.25) is 9.88 Å². The predicted molar refractivity (Wildman–Crippen MR) is 136 cm³/mol. The smallest absolute Gasteiger partial charge is 0.246 e. The standard InChI is InChI=1S/C25H28BrN7/c26-21-6-4-18(5-7-21)9-13-33(17-20-3-1-2-19-16-28-12-8-23(19)20)22-10-14-32(15-11-22)25-29-24(27)30-31-25/h1-8,12,16,22H,9-11,13-15,17H2,(H3,27,29,30,31). The largest absolute Gasteiger partial charge is 0.368 e. The van der Waals surface area contributed by atoms with Crippen molar-refractivity contribution in [1.29, 1.82) is 0 Å². The zero-order chi connectivity index (χ0) is 22.6. The molecule has 2 aromatic heterocycles. The molecule has 1 aliphatic heterocycles. The van der Waals surface area contributed by atoms with E-state index >= 15 is 0 Å². The van der Waals surface area contributed by atoms with Crippen molar-refractivity contribution in [2.75, 3.05) is 30.3 Å². The van der Waals surface area contributed by atoms with Gasteiger partial charge in [0.15, 0.2) is 0 Å². The van der Waals surface area contributed by atoms with Crippen LogP contribution >= 0.6 is 15.9 Å². The molecule has 0 atom stereocenters. The van der Waals surface area contributed by atoms with Crippen LogP contribution in [0.5, 0.6) is 0 Å². The second-order valence-electron chi connectivity index (χ2n) is 8.60. The van der Waals surface area contributed by atoms with E-state index < -0.39 is 0 Å². The summed E-state index contributed by atoms with van der Waals surface area (Å²) in [5, 5.41) is 9.47. The fraction of sp³-hybridized carbons (Fsp3) is 0.320. The molecule has 0 spiro atoms. The molecule has 2 aromatic carbocycles. The van der Waals surface area contributed by atoms with Gasteiger partial charge in [0.1, 0.15) is 0 Å². The lowest BCUT2D eigenvalue weighted by Crippen LogP contribution is -2.45. The van der Waals surface area contributed by atoms with E-state index in [-0.39, 0.29) is 0 Å². The number of rotatable bonds is 7. The summed E-state index contributed by atoms with van der Waals surface area (Å²) >= 11 is 3.54. The Labute approximate surface area is 202 Å². The second-order valence-corrected chi connectivity index (χ2v) is 9.52. The van der Waals surface area contributed by atoms with Gasteiger partial charge in [0.05, 0.1) is 0 Å². The van der Waals surface area contributed by atoms with Crippen molar-refractivity contribution in [3.8, 4) is 0 Å². The molecule has 8 heteroatoms. The highest BCUT2D eigenvalue weighted by Gasteiger charge is 2.26. The number of nitrogen functional groups attached to an aromatic ring is 1. The number of hydrogen-bond donors (Lipinski definition) is 2. The number of nitrogens with two attached hydrogens (primary N) is 1. The van der Waals surface area contributed by atoms with Gasteiger partial charge in [-0.25, -0.2) is 5.10 Å². The number of benzene rings is 2. The van der Waals surface area contributed by atoms with Gasteiger partial charge < -0.3 is 10.6 Å². The molecular formula is C25H28BrN7. The number of halogens is 1. The van der Waals surface area contributed by atoms with Crippen molar-refractivity contribution in [2.45, 2.75) is 31.8 Å². The van der Waals surface area contributed by atoms with E-state index in [0.717, 1.165) is 49.9 Å².